The number of hydrogen-bond acceptors (Lipinski definition) is 4. The number of rotatable bonds is 6. The summed E-state index contributed by atoms with van der Waals surface area (Å²) in [6.07, 6.45) is 6.56. The standard InChI is InChI=1S/C16H20N2OS/c1-4-14(10-17-7-1)11-18(12-15-5-2-8-19-15)13-16-6-3-9-20-16/h1,3-4,6-7,9-10,15H,2,5,8,11-13H2. The summed E-state index contributed by atoms with van der Waals surface area (Å²) < 4.78 is 5.79. The Hall–Kier alpha value is -1.23. The van der Waals surface area contributed by atoms with Gasteiger partial charge in [-0.2, -0.15) is 0 Å². The van der Waals surface area contributed by atoms with Crippen molar-refractivity contribution in [1.82, 2.24) is 9.88 Å². The van der Waals surface area contributed by atoms with E-state index in [1.165, 1.54) is 23.3 Å². The average Bonchev–Trinajstić information content (AvgIpc) is 3.13. The van der Waals surface area contributed by atoms with E-state index in [9.17, 15) is 0 Å². The van der Waals surface area contributed by atoms with Gasteiger partial charge in [0.2, 0.25) is 0 Å². The number of ether oxygens (including phenoxy) is 1. The Balaban J connectivity index is 1.65. The third-order valence-corrected chi connectivity index (χ3v) is 4.44. The number of pyridine rings is 1. The molecule has 0 bridgehead atoms. The first-order valence-corrected chi connectivity index (χ1v) is 8.03. The van der Waals surface area contributed by atoms with Gasteiger partial charge in [-0.3, -0.25) is 9.88 Å². The molecule has 1 saturated heterocycles. The van der Waals surface area contributed by atoms with Crippen molar-refractivity contribution in [2.24, 2.45) is 0 Å². The summed E-state index contributed by atoms with van der Waals surface area (Å²) in [5, 5.41) is 2.14. The first-order chi connectivity index (χ1) is 9.90. The molecular formula is C16H20N2OS. The van der Waals surface area contributed by atoms with Crippen LogP contribution in [-0.4, -0.2) is 29.1 Å². The van der Waals surface area contributed by atoms with Gasteiger partial charge in [-0.05, 0) is 35.9 Å². The van der Waals surface area contributed by atoms with Gasteiger partial charge in [-0.15, -0.1) is 11.3 Å². The van der Waals surface area contributed by atoms with E-state index in [2.05, 4.69) is 33.5 Å². The highest BCUT2D eigenvalue weighted by Crippen LogP contribution is 2.18. The predicted molar refractivity (Wildman–Crippen MR) is 81.6 cm³/mol. The van der Waals surface area contributed by atoms with Gasteiger partial charge in [0.25, 0.3) is 0 Å². The van der Waals surface area contributed by atoms with Crippen molar-refractivity contribution in [3.63, 3.8) is 0 Å². The van der Waals surface area contributed by atoms with E-state index in [1.54, 1.807) is 0 Å². The predicted octanol–water partition coefficient (Wildman–Crippen LogP) is 3.32. The Morgan fingerprint density at radius 2 is 2.30 bits per heavy atom. The zero-order valence-corrected chi connectivity index (χ0v) is 12.4. The molecule has 106 valence electrons. The number of thiophene rings is 1. The Morgan fingerprint density at radius 3 is 3.00 bits per heavy atom. The van der Waals surface area contributed by atoms with Crippen LogP contribution in [0, 0.1) is 0 Å². The minimum atomic E-state index is 0.395. The van der Waals surface area contributed by atoms with Crippen molar-refractivity contribution < 1.29 is 4.74 Å². The molecule has 1 atom stereocenters. The Kier molecular flexibility index (Phi) is 4.79. The molecule has 0 aromatic carbocycles. The Bertz CT molecular complexity index is 494. The summed E-state index contributed by atoms with van der Waals surface area (Å²) in [5.41, 5.74) is 1.27. The highest BCUT2D eigenvalue weighted by Gasteiger charge is 2.19. The molecule has 0 saturated carbocycles. The zero-order valence-electron chi connectivity index (χ0n) is 11.6. The summed E-state index contributed by atoms with van der Waals surface area (Å²) in [6.45, 7) is 3.86. The van der Waals surface area contributed by atoms with Crippen LogP contribution in [0.3, 0.4) is 0 Å². The van der Waals surface area contributed by atoms with E-state index in [0.717, 1.165) is 26.2 Å². The first kappa shape index (κ1) is 13.7. The molecule has 0 radical (unpaired) electrons. The van der Waals surface area contributed by atoms with E-state index < -0.39 is 0 Å². The second-order valence-corrected chi connectivity index (χ2v) is 6.28. The highest BCUT2D eigenvalue weighted by atomic mass is 32.1. The fourth-order valence-corrected chi connectivity index (χ4v) is 3.38. The van der Waals surface area contributed by atoms with Crippen LogP contribution in [0.2, 0.25) is 0 Å². The third-order valence-electron chi connectivity index (χ3n) is 3.57. The van der Waals surface area contributed by atoms with Crippen molar-refractivity contribution in [3.8, 4) is 0 Å². The molecule has 2 aromatic rings. The molecule has 4 heteroatoms. The molecule has 0 N–H and O–H groups in total. The summed E-state index contributed by atoms with van der Waals surface area (Å²) >= 11 is 1.82. The fourth-order valence-electron chi connectivity index (χ4n) is 2.63. The second kappa shape index (κ2) is 6.97. The second-order valence-electron chi connectivity index (χ2n) is 5.25. The molecule has 1 fully saturated rings. The molecule has 0 spiro atoms. The van der Waals surface area contributed by atoms with Crippen LogP contribution in [0.5, 0.6) is 0 Å². The third kappa shape index (κ3) is 3.88. The average molecular weight is 288 g/mol. The molecule has 3 nitrogen and oxygen atoms in total. The molecule has 2 aromatic heterocycles. The van der Waals surface area contributed by atoms with Crippen LogP contribution in [0.15, 0.2) is 42.0 Å². The van der Waals surface area contributed by atoms with E-state index >= 15 is 0 Å². The summed E-state index contributed by atoms with van der Waals surface area (Å²) in [7, 11) is 0. The molecule has 1 aliphatic rings. The smallest absolute Gasteiger partial charge is 0.0703 e. The first-order valence-electron chi connectivity index (χ1n) is 7.15. The van der Waals surface area contributed by atoms with Gasteiger partial charge in [-0.1, -0.05) is 12.1 Å². The van der Waals surface area contributed by atoms with E-state index in [0.29, 0.717) is 6.10 Å². The molecule has 0 aliphatic carbocycles. The summed E-state index contributed by atoms with van der Waals surface area (Å²) in [4.78, 5) is 8.09. The zero-order chi connectivity index (χ0) is 13.6. The van der Waals surface area contributed by atoms with Crippen molar-refractivity contribution in [3.05, 3.63) is 52.5 Å². The van der Waals surface area contributed by atoms with Crippen LogP contribution < -0.4 is 0 Å². The number of hydrogen-bond donors (Lipinski definition) is 0. The van der Waals surface area contributed by atoms with Crippen molar-refractivity contribution in [1.29, 1.82) is 0 Å². The van der Waals surface area contributed by atoms with Crippen molar-refractivity contribution in [2.45, 2.75) is 32.0 Å². The lowest BCUT2D eigenvalue weighted by molar-refractivity contribution is 0.0682. The molecule has 1 unspecified atom stereocenters. The van der Waals surface area contributed by atoms with Gasteiger partial charge in [0, 0.05) is 43.5 Å². The Morgan fingerprint density at radius 1 is 1.30 bits per heavy atom. The minimum Gasteiger partial charge on any atom is -0.377 e. The molecule has 0 amide bonds. The minimum absolute atomic E-state index is 0.395. The lowest BCUT2D eigenvalue weighted by Crippen LogP contribution is -2.31. The normalized spacial score (nSPS) is 18.8. The van der Waals surface area contributed by atoms with Crippen molar-refractivity contribution >= 4 is 11.3 Å². The monoisotopic (exact) mass is 288 g/mol. The van der Waals surface area contributed by atoms with Crippen LogP contribution in [0.25, 0.3) is 0 Å². The number of aromatic nitrogens is 1. The molecule has 20 heavy (non-hydrogen) atoms. The lowest BCUT2D eigenvalue weighted by Gasteiger charge is -2.24. The largest absolute Gasteiger partial charge is 0.377 e. The molecular weight excluding hydrogens is 268 g/mol. The maximum atomic E-state index is 5.79. The number of nitrogens with zero attached hydrogens (tertiary/aromatic N) is 2. The quantitative estimate of drug-likeness (QED) is 0.815. The lowest BCUT2D eigenvalue weighted by atomic mass is 10.2. The van der Waals surface area contributed by atoms with Crippen LogP contribution in [-0.2, 0) is 17.8 Å². The van der Waals surface area contributed by atoms with Crippen LogP contribution in [0.4, 0.5) is 0 Å². The van der Waals surface area contributed by atoms with Crippen LogP contribution >= 0.6 is 11.3 Å². The topological polar surface area (TPSA) is 25.4 Å². The van der Waals surface area contributed by atoms with Gasteiger partial charge >= 0.3 is 0 Å². The summed E-state index contributed by atoms with van der Waals surface area (Å²) in [6, 6.07) is 8.47. The van der Waals surface area contributed by atoms with Gasteiger partial charge in [-0.25, -0.2) is 0 Å². The van der Waals surface area contributed by atoms with Gasteiger partial charge in [0.05, 0.1) is 6.10 Å². The van der Waals surface area contributed by atoms with Crippen molar-refractivity contribution in [2.75, 3.05) is 13.2 Å². The maximum absolute atomic E-state index is 5.79. The fraction of sp³-hybridized carbons (Fsp3) is 0.438. The van der Waals surface area contributed by atoms with Gasteiger partial charge in [0.15, 0.2) is 0 Å². The SMILES string of the molecule is c1cncc(CN(Cc2cccs2)CC2CCCO2)c1. The van der Waals surface area contributed by atoms with Crippen LogP contribution in [0.1, 0.15) is 23.3 Å². The van der Waals surface area contributed by atoms with E-state index in [1.807, 2.05) is 29.8 Å². The van der Waals surface area contributed by atoms with E-state index in [4.69, 9.17) is 4.74 Å². The molecule has 1 aliphatic heterocycles. The maximum Gasteiger partial charge on any atom is 0.0703 e. The summed E-state index contributed by atoms with van der Waals surface area (Å²) in [5.74, 6) is 0. The highest BCUT2D eigenvalue weighted by molar-refractivity contribution is 7.09. The van der Waals surface area contributed by atoms with E-state index in [-0.39, 0.29) is 0 Å². The molecule has 3 rings (SSSR count). The van der Waals surface area contributed by atoms with Gasteiger partial charge in [0.1, 0.15) is 0 Å². The van der Waals surface area contributed by atoms with Gasteiger partial charge < -0.3 is 4.74 Å². The Labute approximate surface area is 124 Å². The molecule has 3 heterocycles.